The van der Waals surface area contributed by atoms with Gasteiger partial charge in [0.1, 0.15) is 29.2 Å². The molecule has 0 spiro atoms. The highest BCUT2D eigenvalue weighted by Crippen LogP contribution is 2.37. The highest BCUT2D eigenvalue weighted by molar-refractivity contribution is 5.83. The molecule has 0 saturated heterocycles. The molecule has 5 rings (SSSR count). The topological polar surface area (TPSA) is 108 Å². The third-order valence-corrected chi connectivity index (χ3v) is 5.71. The molecule has 1 aromatic carbocycles. The molecule has 9 heteroatoms. The Morgan fingerprint density at radius 3 is 2.83 bits per heavy atom. The summed E-state index contributed by atoms with van der Waals surface area (Å²) in [6.07, 6.45) is 5.56. The monoisotopic (exact) mass is 407 g/mol. The van der Waals surface area contributed by atoms with Crippen molar-refractivity contribution in [1.82, 2.24) is 29.7 Å². The van der Waals surface area contributed by atoms with Crippen LogP contribution in [0.25, 0.3) is 33.9 Å². The number of halogens is 1. The molecule has 154 valence electrons. The fourth-order valence-electron chi connectivity index (χ4n) is 4.34. The van der Waals surface area contributed by atoms with Crippen LogP contribution in [0.1, 0.15) is 25.3 Å². The van der Waals surface area contributed by atoms with Gasteiger partial charge in [0.05, 0.1) is 23.4 Å². The molecule has 1 saturated carbocycles. The lowest BCUT2D eigenvalue weighted by Gasteiger charge is -2.34. The Morgan fingerprint density at radius 2 is 2.07 bits per heavy atom. The molecule has 1 fully saturated rings. The number of hydrogen-bond donors (Lipinski definition) is 2. The van der Waals surface area contributed by atoms with Crippen molar-refractivity contribution in [3.05, 3.63) is 48.7 Å². The number of H-pyrrole nitrogens is 1. The average molecular weight is 407 g/mol. The maximum Gasteiger partial charge on any atom is 0.199 e. The number of pyridine rings is 1. The molecule has 0 radical (unpaired) electrons. The van der Waals surface area contributed by atoms with Crippen LogP contribution < -0.4 is 5.73 Å². The predicted molar refractivity (Wildman–Crippen MR) is 110 cm³/mol. The summed E-state index contributed by atoms with van der Waals surface area (Å²) < 4.78 is 22.4. The lowest BCUT2D eigenvalue weighted by Crippen LogP contribution is -2.37. The number of nitrogens with one attached hydrogen (secondary N) is 1. The lowest BCUT2D eigenvalue weighted by molar-refractivity contribution is 0.0468. The van der Waals surface area contributed by atoms with Crippen molar-refractivity contribution in [3.63, 3.8) is 0 Å². The van der Waals surface area contributed by atoms with E-state index in [-0.39, 0.29) is 24.0 Å². The van der Waals surface area contributed by atoms with Crippen LogP contribution in [0.4, 0.5) is 4.39 Å². The van der Waals surface area contributed by atoms with Gasteiger partial charge in [-0.1, -0.05) is 12.1 Å². The van der Waals surface area contributed by atoms with Gasteiger partial charge in [0.15, 0.2) is 5.82 Å². The van der Waals surface area contributed by atoms with Gasteiger partial charge in [0, 0.05) is 19.2 Å². The number of aromatic amines is 1. The molecular weight excluding hydrogens is 385 g/mol. The van der Waals surface area contributed by atoms with Crippen LogP contribution in [-0.4, -0.2) is 49.0 Å². The molecular formula is C21H22FN7O. The van der Waals surface area contributed by atoms with E-state index in [0.717, 1.165) is 24.8 Å². The normalized spacial score (nSPS) is 21.9. The summed E-state index contributed by atoms with van der Waals surface area (Å²) in [4.78, 5) is 13.4. The number of nitrogens with two attached hydrogens (primary N) is 1. The second-order valence-electron chi connectivity index (χ2n) is 7.64. The number of nitrogens with zero attached hydrogens (tertiary/aromatic N) is 5. The van der Waals surface area contributed by atoms with Crippen molar-refractivity contribution in [3.8, 4) is 22.9 Å². The number of ether oxygens (including phenoxy) is 1. The van der Waals surface area contributed by atoms with Crippen LogP contribution in [0.3, 0.4) is 0 Å². The molecule has 3 N–H and O–H groups in total. The van der Waals surface area contributed by atoms with Gasteiger partial charge in [-0.3, -0.25) is 10.1 Å². The average Bonchev–Trinajstić information content (AvgIpc) is 3.41. The third kappa shape index (κ3) is 3.25. The Kier molecular flexibility index (Phi) is 4.76. The molecule has 3 atom stereocenters. The van der Waals surface area contributed by atoms with E-state index in [1.54, 1.807) is 25.4 Å². The van der Waals surface area contributed by atoms with Crippen LogP contribution in [0.15, 0.2) is 42.9 Å². The zero-order chi connectivity index (χ0) is 20.7. The number of aromatic nitrogens is 6. The van der Waals surface area contributed by atoms with Crippen molar-refractivity contribution in [1.29, 1.82) is 0 Å². The zero-order valence-electron chi connectivity index (χ0n) is 16.5. The summed E-state index contributed by atoms with van der Waals surface area (Å²) in [7, 11) is 1.70. The first-order chi connectivity index (χ1) is 14.6. The summed E-state index contributed by atoms with van der Waals surface area (Å²) in [5.74, 6) is 0.734. The van der Waals surface area contributed by atoms with Crippen LogP contribution in [0.5, 0.6) is 0 Å². The van der Waals surface area contributed by atoms with Gasteiger partial charge in [0.2, 0.25) is 0 Å². The molecule has 1 aliphatic rings. The molecule has 0 unspecified atom stereocenters. The first kappa shape index (κ1) is 18.8. The van der Waals surface area contributed by atoms with E-state index in [0.29, 0.717) is 28.4 Å². The first-order valence-electron chi connectivity index (χ1n) is 9.91. The Hall–Kier alpha value is -3.17. The SMILES string of the molecule is CO[C@H]1C[C@H](N)C[C@H](n2c(-c3ccccc3F)nc3cnc(-c4nc[nH]n4)cc32)C1. The van der Waals surface area contributed by atoms with Crippen molar-refractivity contribution in [2.45, 2.75) is 37.5 Å². The minimum absolute atomic E-state index is 0.00562. The van der Waals surface area contributed by atoms with Gasteiger partial charge in [-0.15, -0.1) is 0 Å². The molecule has 1 aliphatic carbocycles. The van der Waals surface area contributed by atoms with E-state index in [9.17, 15) is 4.39 Å². The number of methoxy groups -OCH3 is 1. The summed E-state index contributed by atoms with van der Waals surface area (Å²) >= 11 is 0. The number of imidazole rings is 1. The molecule has 0 amide bonds. The van der Waals surface area contributed by atoms with Crippen LogP contribution in [0, 0.1) is 5.82 Å². The fourth-order valence-corrected chi connectivity index (χ4v) is 4.34. The molecule has 8 nitrogen and oxygen atoms in total. The van der Waals surface area contributed by atoms with Gasteiger partial charge in [-0.05, 0) is 37.5 Å². The van der Waals surface area contributed by atoms with Crippen LogP contribution >= 0.6 is 0 Å². The third-order valence-electron chi connectivity index (χ3n) is 5.71. The maximum absolute atomic E-state index is 14.7. The van der Waals surface area contributed by atoms with E-state index in [2.05, 4.69) is 24.7 Å². The lowest BCUT2D eigenvalue weighted by atomic mass is 9.88. The number of hydrogen-bond acceptors (Lipinski definition) is 6. The summed E-state index contributed by atoms with van der Waals surface area (Å²) in [5, 5.41) is 6.83. The highest BCUT2D eigenvalue weighted by Gasteiger charge is 2.31. The second-order valence-corrected chi connectivity index (χ2v) is 7.64. The first-order valence-corrected chi connectivity index (χ1v) is 9.91. The zero-order valence-corrected chi connectivity index (χ0v) is 16.5. The van der Waals surface area contributed by atoms with Crippen molar-refractivity contribution in [2.75, 3.05) is 7.11 Å². The predicted octanol–water partition coefficient (Wildman–Crippen LogP) is 3.09. The van der Waals surface area contributed by atoms with Gasteiger partial charge >= 0.3 is 0 Å². The Labute approximate surface area is 172 Å². The van der Waals surface area contributed by atoms with Crippen molar-refractivity contribution >= 4 is 11.0 Å². The summed E-state index contributed by atoms with van der Waals surface area (Å²) in [6.45, 7) is 0. The maximum atomic E-state index is 14.7. The number of rotatable bonds is 4. The minimum atomic E-state index is -0.320. The standard InChI is InChI=1S/C21H22FN7O/c1-30-14-7-12(23)6-13(8-14)29-19-9-17(20-25-11-26-28-20)24-10-18(19)27-21(29)15-4-2-3-5-16(15)22/h2-5,9-14H,6-8,23H2,1H3,(H,25,26,28)/t12-,13+,14+/m1/s1. The van der Waals surface area contributed by atoms with Gasteiger partial charge < -0.3 is 15.0 Å². The molecule has 0 aliphatic heterocycles. The highest BCUT2D eigenvalue weighted by atomic mass is 19.1. The van der Waals surface area contributed by atoms with Crippen LogP contribution in [-0.2, 0) is 4.74 Å². The number of fused-ring (bicyclic) bond motifs is 1. The molecule has 4 aromatic rings. The second kappa shape index (κ2) is 7.58. The largest absolute Gasteiger partial charge is 0.381 e. The van der Waals surface area contributed by atoms with Crippen molar-refractivity contribution in [2.24, 2.45) is 5.73 Å². The van der Waals surface area contributed by atoms with Gasteiger partial charge in [-0.2, -0.15) is 5.10 Å². The Morgan fingerprint density at radius 1 is 1.20 bits per heavy atom. The fraction of sp³-hybridized carbons (Fsp3) is 0.333. The van der Waals surface area contributed by atoms with Gasteiger partial charge in [-0.25, -0.2) is 14.4 Å². The molecule has 3 heterocycles. The van der Waals surface area contributed by atoms with E-state index < -0.39 is 0 Å². The summed E-state index contributed by atoms with van der Waals surface area (Å²) in [6, 6.07) is 8.58. The van der Waals surface area contributed by atoms with E-state index >= 15 is 0 Å². The summed E-state index contributed by atoms with van der Waals surface area (Å²) in [5.41, 5.74) is 8.93. The van der Waals surface area contributed by atoms with E-state index in [1.807, 2.05) is 12.1 Å². The smallest absolute Gasteiger partial charge is 0.199 e. The molecule has 3 aromatic heterocycles. The van der Waals surface area contributed by atoms with E-state index in [4.69, 9.17) is 15.5 Å². The Bertz CT molecular complexity index is 1170. The Balaban J connectivity index is 1.72. The molecule has 30 heavy (non-hydrogen) atoms. The molecule has 0 bridgehead atoms. The van der Waals surface area contributed by atoms with Gasteiger partial charge in [0.25, 0.3) is 0 Å². The van der Waals surface area contributed by atoms with Crippen LogP contribution in [0.2, 0.25) is 0 Å². The quantitative estimate of drug-likeness (QED) is 0.538. The van der Waals surface area contributed by atoms with Crippen molar-refractivity contribution < 1.29 is 9.13 Å². The minimum Gasteiger partial charge on any atom is -0.381 e. The number of benzene rings is 1. The van der Waals surface area contributed by atoms with E-state index in [1.165, 1.54) is 12.4 Å².